The van der Waals surface area contributed by atoms with Crippen molar-refractivity contribution in [2.24, 2.45) is 5.92 Å². The van der Waals surface area contributed by atoms with E-state index >= 15 is 0 Å². The van der Waals surface area contributed by atoms with Crippen LogP contribution in [0.1, 0.15) is 26.3 Å². The smallest absolute Gasteiger partial charge is 0.416 e. The Bertz CT molecular complexity index is 674. The van der Waals surface area contributed by atoms with Gasteiger partial charge in [-0.05, 0) is 35.9 Å². The lowest BCUT2D eigenvalue weighted by Gasteiger charge is -2.24. The number of allylic oxidation sites excluding steroid dienone is 4. The van der Waals surface area contributed by atoms with E-state index in [-0.39, 0.29) is 22.9 Å². The van der Waals surface area contributed by atoms with E-state index in [1.165, 1.54) is 4.68 Å². The quantitative estimate of drug-likeness (QED) is 0.650. The number of alkyl halides is 6. The van der Waals surface area contributed by atoms with Crippen molar-refractivity contribution in [3.05, 3.63) is 28.2 Å². The summed E-state index contributed by atoms with van der Waals surface area (Å²) in [5, 5.41) is 3.92. The fourth-order valence-corrected chi connectivity index (χ4v) is 2.36. The van der Waals surface area contributed by atoms with Crippen LogP contribution in [-0.2, 0) is 0 Å². The van der Waals surface area contributed by atoms with Crippen LogP contribution in [0.25, 0.3) is 0 Å². The molecule has 0 saturated carbocycles. The van der Waals surface area contributed by atoms with Crippen LogP contribution in [0, 0.1) is 5.92 Å². The van der Waals surface area contributed by atoms with Gasteiger partial charge in [-0.1, -0.05) is 6.08 Å². The summed E-state index contributed by atoms with van der Waals surface area (Å²) in [5.41, 5.74) is -1.40. The third kappa shape index (κ3) is 4.31. The predicted octanol–water partition coefficient (Wildman–Crippen LogP) is 4.96. The molecule has 1 aromatic rings. The molecule has 0 amide bonds. The van der Waals surface area contributed by atoms with Gasteiger partial charge in [0.15, 0.2) is 0 Å². The summed E-state index contributed by atoms with van der Waals surface area (Å²) in [4.78, 5) is 3.82. The van der Waals surface area contributed by atoms with Crippen molar-refractivity contribution >= 4 is 15.9 Å². The molecule has 1 aliphatic carbocycles. The van der Waals surface area contributed by atoms with Gasteiger partial charge in [0, 0.05) is 6.42 Å². The Hall–Kier alpha value is -1.52. The molecular formula is C13H12BrF6N3O. The first kappa shape index (κ1) is 18.8. The second kappa shape index (κ2) is 6.41. The zero-order chi connectivity index (χ0) is 18.3. The Labute approximate surface area is 141 Å². The number of halogens is 7. The fourth-order valence-electron chi connectivity index (χ4n) is 2.04. The predicted molar refractivity (Wildman–Crippen MR) is 75.1 cm³/mol. The molecular weight excluding hydrogens is 408 g/mol. The van der Waals surface area contributed by atoms with Gasteiger partial charge in [-0.3, -0.25) is 0 Å². The topological polar surface area (TPSA) is 39.9 Å². The van der Waals surface area contributed by atoms with Gasteiger partial charge >= 0.3 is 18.4 Å². The van der Waals surface area contributed by atoms with Crippen LogP contribution in [-0.4, -0.2) is 27.1 Å². The first-order chi connectivity index (χ1) is 10.9. The van der Waals surface area contributed by atoms with E-state index in [0.29, 0.717) is 6.08 Å². The summed E-state index contributed by atoms with van der Waals surface area (Å²) in [6.07, 6.45) is -9.76. The molecule has 2 rings (SSSR count). The highest BCUT2D eigenvalue weighted by Gasteiger charge is 2.44. The zero-order valence-corrected chi connectivity index (χ0v) is 14.0. The molecule has 0 fully saturated rings. The molecule has 1 unspecified atom stereocenters. The lowest BCUT2D eigenvalue weighted by atomic mass is 9.94. The summed E-state index contributed by atoms with van der Waals surface area (Å²) in [5.74, 6) is -2.76. The molecule has 0 spiro atoms. The third-order valence-corrected chi connectivity index (χ3v) is 3.49. The molecule has 4 nitrogen and oxygen atoms in total. The maximum absolute atomic E-state index is 12.9. The molecule has 1 atom stereocenters. The van der Waals surface area contributed by atoms with Gasteiger partial charge in [-0.15, -0.1) is 5.10 Å². The summed E-state index contributed by atoms with van der Waals surface area (Å²) in [6, 6.07) is -0.438. The van der Waals surface area contributed by atoms with Crippen molar-refractivity contribution in [2.45, 2.75) is 38.7 Å². The largest absolute Gasteiger partial charge is 0.429 e. The van der Waals surface area contributed by atoms with Gasteiger partial charge in [0.1, 0.15) is 5.76 Å². The van der Waals surface area contributed by atoms with Gasteiger partial charge in [0.25, 0.3) is 0 Å². The maximum atomic E-state index is 12.9. The lowest BCUT2D eigenvalue weighted by Crippen LogP contribution is -2.27. The minimum Gasteiger partial charge on any atom is -0.429 e. The molecule has 0 aliphatic heterocycles. The molecule has 134 valence electrons. The molecule has 1 heterocycles. The van der Waals surface area contributed by atoms with Crippen molar-refractivity contribution in [3.63, 3.8) is 0 Å². The molecule has 0 saturated heterocycles. The molecule has 0 N–H and O–H groups in total. The highest BCUT2D eigenvalue weighted by Crippen LogP contribution is 2.40. The van der Waals surface area contributed by atoms with Crippen LogP contribution >= 0.6 is 15.9 Å². The molecule has 1 aliphatic rings. The average molecular weight is 420 g/mol. The van der Waals surface area contributed by atoms with E-state index in [9.17, 15) is 26.3 Å². The standard InChI is InChI=1S/C13H12BrF6N3O/c1-6(2)23-11(21-10(14)22-23)24-9-4-7(12(15,16)17)3-8(5-9)13(18,19)20/h3-4,6,8H,5H2,1-2H3. The molecule has 24 heavy (non-hydrogen) atoms. The van der Waals surface area contributed by atoms with Crippen LogP contribution in [0.15, 0.2) is 28.2 Å². The third-order valence-electron chi connectivity index (χ3n) is 3.15. The lowest BCUT2D eigenvalue weighted by molar-refractivity contribution is -0.163. The number of ether oxygens (including phenoxy) is 1. The van der Waals surface area contributed by atoms with Crippen LogP contribution in [0.3, 0.4) is 0 Å². The van der Waals surface area contributed by atoms with Crippen LogP contribution in [0.5, 0.6) is 6.01 Å². The van der Waals surface area contributed by atoms with E-state index in [0.717, 1.165) is 0 Å². The van der Waals surface area contributed by atoms with Crippen molar-refractivity contribution in [3.8, 4) is 6.01 Å². The monoisotopic (exact) mass is 419 g/mol. The molecule has 1 aromatic heterocycles. The fraction of sp³-hybridized carbons (Fsp3) is 0.538. The Balaban J connectivity index is 2.36. The van der Waals surface area contributed by atoms with Crippen LogP contribution in [0.4, 0.5) is 26.3 Å². The Morgan fingerprint density at radius 2 is 1.88 bits per heavy atom. The van der Waals surface area contributed by atoms with Gasteiger partial charge in [-0.2, -0.15) is 31.3 Å². The highest BCUT2D eigenvalue weighted by molar-refractivity contribution is 9.10. The van der Waals surface area contributed by atoms with Crippen molar-refractivity contribution < 1.29 is 31.1 Å². The minimum absolute atomic E-state index is 0.113. The van der Waals surface area contributed by atoms with Gasteiger partial charge in [0.05, 0.1) is 17.5 Å². The number of hydrogen-bond acceptors (Lipinski definition) is 3. The van der Waals surface area contributed by atoms with Crippen molar-refractivity contribution in [1.29, 1.82) is 0 Å². The first-order valence-corrected chi connectivity index (χ1v) is 7.53. The molecule has 0 radical (unpaired) electrons. The average Bonchev–Trinajstić information content (AvgIpc) is 2.77. The summed E-state index contributed by atoms with van der Waals surface area (Å²) in [6.45, 7) is 3.42. The van der Waals surface area contributed by atoms with Crippen molar-refractivity contribution in [1.82, 2.24) is 14.8 Å². The number of nitrogens with zero attached hydrogens (tertiary/aromatic N) is 3. The molecule has 0 bridgehead atoms. The van der Waals surface area contributed by atoms with E-state index in [2.05, 4.69) is 26.0 Å². The number of rotatable bonds is 3. The van der Waals surface area contributed by atoms with E-state index in [1.807, 2.05) is 0 Å². The zero-order valence-electron chi connectivity index (χ0n) is 12.4. The Morgan fingerprint density at radius 1 is 1.25 bits per heavy atom. The maximum Gasteiger partial charge on any atom is 0.416 e. The van der Waals surface area contributed by atoms with E-state index in [4.69, 9.17) is 4.74 Å². The number of hydrogen-bond donors (Lipinski definition) is 0. The van der Waals surface area contributed by atoms with E-state index < -0.39 is 36.0 Å². The van der Waals surface area contributed by atoms with Gasteiger partial charge < -0.3 is 4.74 Å². The van der Waals surface area contributed by atoms with Crippen LogP contribution in [0.2, 0.25) is 0 Å². The summed E-state index contributed by atoms with van der Waals surface area (Å²) >= 11 is 2.99. The second-order valence-electron chi connectivity index (χ2n) is 5.39. The Morgan fingerprint density at radius 3 is 2.38 bits per heavy atom. The normalized spacial score (nSPS) is 19.3. The van der Waals surface area contributed by atoms with E-state index in [1.54, 1.807) is 13.8 Å². The van der Waals surface area contributed by atoms with Crippen molar-refractivity contribution in [2.75, 3.05) is 0 Å². The van der Waals surface area contributed by atoms with Gasteiger partial charge in [0.2, 0.25) is 4.73 Å². The summed E-state index contributed by atoms with van der Waals surface area (Å²) in [7, 11) is 0. The Kier molecular flexibility index (Phi) is 5.03. The minimum atomic E-state index is -4.91. The second-order valence-corrected chi connectivity index (χ2v) is 6.10. The molecule has 11 heteroatoms. The number of aromatic nitrogens is 3. The first-order valence-electron chi connectivity index (χ1n) is 6.74. The summed E-state index contributed by atoms with van der Waals surface area (Å²) < 4.78 is 83.8. The molecule has 0 aromatic carbocycles. The van der Waals surface area contributed by atoms with Gasteiger partial charge in [-0.25, -0.2) is 4.68 Å². The highest BCUT2D eigenvalue weighted by atomic mass is 79.9. The van der Waals surface area contributed by atoms with Crippen LogP contribution < -0.4 is 4.74 Å². The SMILES string of the molecule is CC(C)n1nc(Br)nc1OC1=CC(C(F)(F)F)=CC(C(F)(F)F)C1.